The van der Waals surface area contributed by atoms with Crippen LogP contribution < -0.4 is 0 Å². The van der Waals surface area contributed by atoms with E-state index in [1.165, 1.54) is 12.5 Å². The molecule has 0 N–H and O–H groups in total. The highest BCUT2D eigenvalue weighted by Crippen LogP contribution is 2.24. The third kappa shape index (κ3) is 35.3. The molecule has 0 aliphatic heterocycles. The molecule has 0 amide bonds. The van der Waals surface area contributed by atoms with Gasteiger partial charge in [-0.25, -0.2) is 0 Å². The lowest BCUT2D eigenvalue weighted by molar-refractivity contribution is -0.193. The molecule has 0 heterocycles. The van der Waals surface area contributed by atoms with E-state index in [4.69, 9.17) is 27.4 Å². The highest BCUT2D eigenvalue weighted by atomic mass is 28.5. The van der Waals surface area contributed by atoms with Crippen LogP contribution in [0, 0.1) is 5.92 Å². The Bertz CT molecular complexity index is 366. The van der Waals surface area contributed by atoms with Crippen LogP contribution in [0.15, 0.2) is 0 Å². The topological polar surface area (TPSA) is 86.7 Å². The van der Waals surface area contributed by atoms with E-state index in [0.717, 1.165) is 5.92 Å². The summed E-state index contributed by atoms with van der Waals surface area (Å²) in [5, 5.41) is 0. The summed E-state index contributed by atoms with van der Waals surface area (Å²) in [7, 11) is -4.94. The van der Waals surface area contributed by atoms with E-state index in [9.17, 15) is 0 Å². The average molecular weight is 413 g/mol. The van der Waals surface area contributed by atoms with Gasteiger partial charge in [0.1, 0.15) is 0 Å². The molecule has 0 aliphatic carbocycles. The molecule has 0 bridgehead atoms. The third-order valence-electron chi connectivity index (χ3n) is 2.40. The summed E-state index contributed by atoms with van der Waals surface area (Å²) in [6.07, 6.45) is 1.77. The first-order valence-electron chi connectivity index (χ1n) is 7.55. The standard InChI is InChI=1S/C12H32O2Si3.2CO2.2CH4/c1-12(2)10-11-16(6,7)14-17(8,9)13-15(3,4)5;2*2-1-3;;/h12H,10-11H2,1-9H3;;;2*1H4. The van der Waals surface area contributed by atoms with E-state index in [1.807, 2.05) is 0 Å². The molecule has 0 saturated carbocycles. The number of rotatable bonds is 7. The molecule has 0 fully saturated rings. The van der Waals surface area contributed by atoms with Gasteiger partial charge in [-0.15, -0.1) is 0 Å². The minimum Gasteiger partial charge on any atom is -0.437 e. The van der Waals surface area contributed by atoms with E-state index in [1.54, 1.807) is 0 Å². The van der Waals surface area contributed by atoms with E-state index in [-0.39, 0.29) is 27.2 Å². The molecular weight excluding hydrogens is 372 g/mol. The van der Waals surface area contributed by atoms with Crippen LogP contribution in [0.3, 0.4) is 0 Å². The third-order valence-corrected chi connectivity index (χ3v) is 12.5. The van der Waals surface area contributed by atoms with Crippen molar-refractivity contribution in [1.29, 1.82) is 0 Å². The van der Waals surface area contributed by atoms with Crippen molar-refractivity contribution in [1.82, 2.24) is 0 Å². The van der Waals surface area contributed by atoms with Gasteiger partial charge in [-0.3, -0.25) is 0 Å². The van der Waals surface area contributed by atoms with Gasteiger partial charge in [0.2, 0.25) is 0 Å². The normalized spacial score (nSPS) is 10.5. The maximum Gasteiger partial charge on any atom is 0.373 e. The summed E-state index contributed by atoms with van der Waals surface area (Å²) < 4.78 is 12.7. The molecule has 6 nitrogen and oxygen atoms in total. The molecular formula is C16H40O6Si3. The second-order valence-corrected chi connectivity index (χ2v) is 20.3. The summed E-state index contributed by atoms with van der Waals surface area (Å²) in [6, 6.07) is 1.25. The molecule has 0 unspecified atom stereocenters. The molecule has 0 aromatic heterocycles. The number of hydrogen-bond acceptors (Lipinski definition) is 6. The van der Waals surface area contributed by atoms with Crippen molar-refractivity contribution in [3.05, 3.63) is 0 Å². The molecule has 152 valence electrons. The van der Waals surface area contributed by atoms with Crippen molar-refractivity contribution in [3.8, 4) is 0 Å². The monoisotopic (exact) mass is 412 g/mol. The van der Waals surface area contributed by atoms with Gasteiger partial charge in [-0.05, 0) is 57.8 Å². The smallest absolute Gasteiger partial charge is 0.373 e. The largest absolute Gasteiger partial charge is 0.437 e. The quantitative estimate of drug-likeness (QED) is 0.552. The molecule has 0 aromatic carbocycles. The minimum absolute atomic E-state index is 0. The Morgan fingerprint density at radius 3 is 1.32 bits per heavy atom. The molecule has 0 rings (SSSR count). The zero-order valence-electron chi connectivity index (χ0n) is 15.9. The lowest BCUT2D eigenvalue weighted by Crippen LogP contribution is -2.51. The van der Waals surface area contributed by atoms with Crippen LogP contribution in [0.5, 0.6) is 0 Å². The number of hydrogen-bond donors (Lipinski definition) is 0. The van der Waals surface area contributed by atoms with Crippen LogP contribution in [0.4, 0.5) is 0 Å². The molecule has 0 aliphatic rings. The molecule has 25 heavy (non-hydrogen) atoms. The highest BCUT2D eigenvalue weighted by molar-refractivity contribution is 6.87. The average Bonchev–Trinajstić information content (AvgIpc) is 2.23. The van der Waals surface area contributed by atoms with Crippen LogP contribution >= 0.6 is 0 Å². The predicted octanol–water partition coefficient (Wildman–Crippen LogP) is 4.91. The highest BCUT2D eigenvalue weighted by Gasteiger charge is 2.37. The van der Waals surface area contributed by atoms with Crippen molar-refractivity contribution in [2.24, 2.45) is 5.92 Å². The Kier molecular flexibility index (Phi) is 23.8. The Labute approximate surface area is 158 Å². The van der Waals surface area contributed by atoms with Gasteiger partial charge in [-0.2, -0.15) is 19.2 Å². The summed E-state index contributed by atoms with van der Waals surface area (Å²) in [4.78, 5) is 32.5. The molecule has 0 aromatic rings. The second kappa shape index (κ2) is 16.8. The van der Waals surface area contributed by atoms with Gasteiger partial charge >= 0.3 is 20.9 Å². The van der Waals surface area contributed by atoms with Gasteiger partial charge in [0, 0.05) is 0 Å². The maximum atomic E-state index is 8.12. The lowest BCUT2D eigenvalue weighted by Gasteiger charge is -2.37. The Balaban J connectivity index is -0.000000145. The second-order valence-electron chi connectivity index (χ2n) is 7.58. The maximum absolute atomic E-state index is 8.12. The lowest BCUT2D eigenvalue weighted by atomic mass is 10.2. The van der Waals surface area contributed by atoms with Gasteiger partial charge in [0.25, 0.3) is 0 Å². The minimum atomic E-state index is -1.92. The number of carbonyl (C=O) groups excluding carboxylic acids is 4. The van der Waals surface area contributed by atoms with Gasteiger partial charge in [0.05, 0.1) is 0 Å². The van der Waals surface area contributed by atoms with Crippen molar-refractivity contribution in [2.75, 3.05) is 0 Å². The van der Waals surface area contributed by atoms with Crippen molar-refractivity contribution in [3.63, 3.8) is 0 Å². The Hall–Kier alpha value is -0.669. The van der Waals surface area contributed by atoms with Crippen molar-refractivity contribution < 1.29 is 27.4 Å². The summed E-state index contributed by atoms with van der Waals surface area (Å²) >= 11 is 0. The summed E-state index contributed by atoms with van der Waals surface area (Å²) in [5.74, 6) is 0.771. The van der Waals surface area contributed by atoms with Crippen LogP contribution in [-0.4, -0.2) is 37.5 Å². The van der Waals surface area contributed by atoms with E-state index in [2.05, 4.69) is 59.7 Å². The Morgan fingerprint density at radius 1 is 0.760 bits per heavy atom. The first-order valence-corrected chi connectivity index (χ1v) is 16.9. The fourth-order valence-corrected chi connectivity index (χ4v) is 15.6. The summed E-state index contributed by atoms with van der Waals surface area (Å²) in [6.45, 7) is 20.4. The molecule has 0 spiro atoms. The van der Waals surface area contributed by atoms with Crippen LogP contribution in [0.2, 0.25) is 51.9 Å². The summed E-state index contributed by atoms with van der Waals surface area (Å²) in [5.41, 5.74) is 0. The van der Waals surface area contributed by atoms with Crippen LogP contribution in [-0.2, 0) is 27.4 Å². The molecule has 9 heteroatoms. The van der Waals surface area contributed by atoms with Gasteiger partial charge in [-0.1, -0.05) is 35.1 Å². The van der Waals surface area contributed by atoms with E-state index < -0.39 is 25.2 Å². The first kappa shape index (κ1) is 35.4. The molecule has 0 atom stereocenters. The zero-order valence-corrected chi connectivity index (χ0v) is 18.9. The van der Waals surface area contributed by atoms with E-state index in [0.29, 0.717) is 0 Å². The zero-order chi connectivity index (χ0) is 19.3. The fraction of sp³-hybridized carbons (Fsp3) is 0.875. The van der Waals surface area contributed by atoms with Crippen molar-refractivity contribution >= 4 is 37.5 Å². The van der Waals surface area contributed by atoms with Gasteiger partial charge < -0.3 is 8.23 Å². The molecule has 0 radical (unpaired) electrons. The van der Waals surface area contributed by atoms with E-state index >= 15 is 0 Å². The first-order chi connectivity index (χ1) is 10.2. The SMILES string of the molecule is C.C.CC(C)CC[Si](C)(C)O[Si](C)(C)O[Si](C)(C)C.O=C=O.O=C=O. The fourth-order valence-electron chi connectivity index (χ4n) is 2.11. The van der Waals surface area contributed by atoms with Gasteiger partial charge in [0.15, 0.2) is 16.6 Å². The van der Waals surface area contributed by atoms with Crippen molar-refractivity contribution in [2.45, 2.75) is 87.0 Å². The predicted molar refractivity (Wildman–Crippen MR) is 108 cm³/mol. The Morgan fingerprint density at radius 2 is 1.08 bits per heavy atom. The van der Waals surface area contributed by atoms with Crippen LogP contribution in [0.1, 0.15) is 35.1 Å². The molecule has 0 saturated heterocycles. The van der Waals surface area contributed by atoms with Crippen LogP contribution in [0.25, 0.3) is 0 Å².